The molecule has 1 aliphatic carbocycles. The predicted molar refractivity (Wildman–Crippen MR) is 172 cm³/mol. The van der Waals surface area contributed by atoms with Crippen LogP contribution in [0.3, 0.4) is 0 Å². The first-order valence-electron chi connectivity index (χ1n) is 14.8. The lowest BCUT2D eigenvalue weighted by Gasteiger charge is -2.37. The molecule has 0 fully saturated rings. The lowest BCUT2D eigenvalue weighted by Crippen LogP contribution is -2.47. The fourth-order valence-corrected chi connectivity index (χ4v) is 6.01. The van der Waals surface area contributed by atoms with Gasteiger partial charge in [-0.05, 0) is 53.6 Å². The van der Waals surface area contributed by atoms with Gasteiger partial charge in [-0.3, -0.25) is 14.5 Å². The third-order valence-corrected chi connectivity index (χ3v) is 8.13. The van der Waals surface area contributed by atoms with Crippen molar-refractivity contribution in [1.29, 1.82) is 0 Å². The summed E-state index contributed by atoms with van der Waals surface area (Å²) in [5, 5.41) is 28.8. The second kappa shape index (κ2) is 13.6. The first-order chi connectivity index (χ1) is 21.6. The van der Waals surface area contributed by atoms with E-state index in [-0.39, 0.29) is 53.8 Å². The highest BCUT2D eigenvalue weighted by molar-refractivity contribution is 6.31. The van der Waals surface area contributed by atoms with Crippen molar-refractivity contribution in [1.82, 2.24) is 10.6 Å². The summed E-state index contributed by atoms with van der Waals surface area (Å²) in [5.41, 5.74) is 2.59. The van der Waals surface area contributed by atoms with Crippen molar-refractivity contribution in [2.24, 2.45) is 5.41 Å². The van der Waals surface area contributed by atoms with Crippen LogP contribution in [0.5, 0.6) is 11.5 Å². The van der Waals surface area contributed by atoms with Crippen LogP contribution in [-0.4, -0.2) is 47.6 Å². The molecule has 45 heavy (non-hydrogen) atoms. The minimum atomic E-state index is -0.993. The zero-order chi connectivity index (χ0) is 32.1. The third-order valence-electron chi connectivity index (χ3n) is 7.80. The van der Waals surface area contributed by atoms with Gasteiger partial charge in [-0.25, -0.2) is 4.79 Å². The second-order valence-corrected chi connectivity index (χ2v) is 12.4. The Hall–Kier alpha value is -4.54. The zero-order valence-corrected chi connectivity index (χ0v) is 26.0. The van der Waals surface area contributed by atoms with Gasteiger partial charge in [-0.2, -0.15) is 0 Å². The molecule has 0 radical (unpaired) electrons. The molecule has 0 saturated heterocycles. The molecule has 2 aliphatic rings. The molecule has 5 N–H and O–H groups in total. The maximum Gasteiger partial charge on any atom is 0.323 e. The number of urea groups is 1. The molecular formula is C34H37ClN4O6. The van der Waals surface area contributed by atoms with E-state index in [0.29, 0.717) is 47.7 Å². The first-order valence-corrected chi connectivity index (χ1v) is 15.2. The topological polar surface area (TPSA) is 140 Å². The van der Waals surface area contributed by atoms with E-state index in [1.54, 1.807) is 30.3 Å². The maximum absolute atomic E-state index is 14.1. The molecule has 3 aromatic rings. The van der Waals surface area contributed by atoms with Gasteiger partial charge >= 0.3 is 6.03 Å². The number of aliphatic hydroxyl groups is 1. The number of allylic oxidation sites excluding steroid dienone is 1. The van der Waals surface area contributed by atoms with Gasteiger partial charge in [0.05, 0.1) is 18.3 Å². The number of carbonyl (C=O) groups is 3. The Balaban J connectivity index is 1.58. The van der Waals surface area contributed by atoms with Crippen LogP contribution in [-0.2, 0) is 16.2 Å². The number of halogens is 1. The fourth-order valence-electron chi connectivity index (χ4n) is 5.73. The van der Waals surface area contributed by atoms with Gasteiger partial charge in [0.2, 0.25) is 5.91 Å². The van der Waals surface area contributed by atoms with Gasteiger partial charge in [0.1, 0.15) is 23.8 Å². The van der Waals surface area contributed by atoms with E-state index in [4.69, 9.17) is 21.4 Å². The van der Waals surface area contributed by atoms with E-state index < -0.39 is 18.0 Å². The van der Waals surface area contributed by atoms with Crippen LogP contribution in [0.4, 0.5) is 16.2 Å². The van der Waals surface area contributed by atoms with E-state index in [9.17, 15) is 19.5 Å². The van der Waals surface area contributed by atoms with Crippen molar-refractivity contribution in [2.75, 3.05) is 29.9 Å². The number of para-hydroxylation sites is 1. The highest BCUT2D eigenvalue weighted by Crippen LogP contribution is 2.51. The van der Waals surface area contributed by atoms with Gasteiger partial charge < -0.3 is 30.9 Å². The Bertz CT molecular complexity index is 1620. The number of benzene rings is 3. The van der Waals surface area contributed by atoms with Crippen LogP contribution in [0, 0.1) is 5.41 Å². The van der Waals surface area contributed by atoms with E-state index in [1.165, 1.54) is 11.0 Å². The standard InChI is InChI=1S/C34H37ClN4O6/c1-34(2)17-25-30(28(42)18-34)32(23-13-12-22(16-24(23)35)45-20-21-8-4-3-5-9-21)39(26-10-6-11-27(41)31(26)38-25)33(44)37-19-29(43)36-14-7-15-40/h3-6,8-13,16,32,38,40-41H,7,14-15,17-20H2,1-2H3,(H,36,43)(H,37,44). The number of phenolic OH excluding ortho intramolecular Hbond substituents is 1. The number of aromatic hydroxyl groups is 1. The number of aliphatic hydroxyl groups excluding tert-OH is 1. The molecule has 3 amide bonds. The molecule has 0 spiro atoms. The van der Waals surface area contributed by atoms with Gasteiger partial charge in [0.15, 0.2) is 5.78 Å². The number of fused-ring (bicyclic) bond motifs is 1. The number of hydrogen-bond acceptors (Lipinski definition) is 7. The number of anilines is 2. The molecule has 11 heteroatoms. The lowest BCUT2D eigenvalue weighted by molar-refractivity contribution is -0.120. The minimum absolute atomic E-state index is 0.0749. The van der Waals surface area contributed by atoms with Crippen LogP contribution < -0.4 is 25.6 Å². The summed E-state index contributed by atoms with van der Waals surface area (Å²) in [5.74, 6) is -0.193. The minimum Gasteiger partial charge on any atom is -0.506 e. The van der Waals surface area contributed by atoms with E-state index in [1.807, 2.05) is 44.2 Å². The maximum atomic E-state index is 14.1. The summed E-state index contributed by atoms with van der Waals surface area (Å²) in [6.45, 7) is 4.15. The lowest BCUT2D eigenvalue weighted by atomic mass is 9.73. The molecule has 0 bridgehead atoms. The molecule has 5 rings (SSSR count). The smallest absolute Gasteiger partial charge is 0.323 e. The monoisotopic (exact) mass is 632 g/mol. The summed E-state index contributed by atoms with van der Waals surface area (Å²) in [6, 6.07) is 17.9. The summed E-state index contributed by atoms with van der Waals surface area (Å²) < 4.78 is 5.98. The Labute approximate surface area is 267 Å². The fraction of sp³-hybridized carbons (Fsp3) is 0.324. The number of rotatable bonds is 9. The summed E-state index contributed by atoms with van der Waals surface area (Å²) in [6.07, 6.45) is 1.10. The summed E-state index contributed by atoms with van der Waals surface area (Å²) in [4.78, 5) is 41.9. The Morgan fingerprint density at radius 2 is 1.84 bits per heavy atom. The van der Waals surface area contributed by atoms with Crippen LogP contribution in [0.1, 0.15) is 50.3 Å². The number of hydrogen-bond donors (Lipinski definition) is 5. The van der Waals surface area contributed by atoms with Gasteiger partial charge in [0.25, 0.3) is 0 Å². The second-order valence-electron chi connectivity index (χ2n) is 11.9. The number of ketones is 1. The van der Waals surface area contributed by atoms with Crippen molar-refractivity contribution in [3.8, 4) is 11.5 Å². The number of carbonyl (C=O) groups excluding carboxylic acids is 3. The van der Waals surface area contributed by atoms with Crippen LogP contribution in [0.25, 0.3) is 0 Å². The average Bonchev–Trinajstić information content (AvgIpc) is 3.14. The molecule has 1 aliphatic heterocycles. The Morgan fingerprint density at radius 1 is 1.07 bits per heavy atom. The van der Waals surface area contributed by atoms with Crippen LogP contribution in [0.2, 0.25) is 5.02 Å². The highest BCUT2D eigenvalue weighted by Gasteiger charge is 2.44. The van der Waals surface area contributed by atoms with Gasteiger partial charge in [-0.1, -0.05) is 67.9 Å². The molecular weight excluding hydrogens is 596 g/mol. The van der Waals surface area contributed by atoms with E-state index >= 15 is 0 Å². The SMILES string of the molecule is CC1(C)CC(=O)C2=C(C1)Nc1c(O)cccc1N(C(=O)NCC(=O)NCCCO)C2c1ccc(OCc2ccccc2)cc1Cl. The first kappa shape index (κ1) is 31.9. The Morgan fingerprint density at radius 3 is 2.58 bits per heavy atom. The zero-order valence-electron chi connectivity index (χ0n) is 25.2. The van der Waals surface area contributed by atoms with Crippen molar-refractivity contribution < 1.29 is 29.3 Å². The third kappa shape index (κ3) is 7.24. The quantitative estimate of drug-likeness (QED) is 0.156. The molecule has 10 nitrogen and oxygen atoms in total. The average molecular weight is 633 g/mol. The molecule has 1 heterocycles. The van der Waals surface area contributed by atoms with E-state index in [0.717, 1.165) is 5.56 Å². The van der Waals surface area contributed by atoms with Crippen LogP contribution in [0.15, 0.2) is 78.0 Å². The number of nitrogens with zero attached hydrogens (tertiary/aromatic N) is 1. The number of nitrogens with one attached hydrogen (secondary N) is 3. The van der Waals surface area contributed by atoms with Gasteiger partial charge in [0, 0.05) is 35.9 Å². The number of Topliss-reactive ketones (excluding diaryl/α,β-unsaturated/α-hetero) is 1. The van der Waals surface area contributed by atoms with Crippen molar-refractivity contribution in [2.45, 2.75) is 45.8 Å². The normalized spacial score (nSPS) is 17.0. The van der Waals surface area contributed by atoms with Crippen molar-refractivity contribution >= 4 is 40.7 Å². The molecule has 0 saturated carbocycles. The van der Waals surface area contributed by atoms with Crippen LogP contribution >= 0.6 is 11.6 Å². The predicted octanol–water partition coefficient (Wildman–Crippen LogP) is 5.45. The summed E-state index contributed by atoms with van der Waals surface area (Å²) in [7, 11) is 0. The molecule has 1 atom stereocenters. The Kier molecular flexibility index (Phi) is 9.65. The summed E-state index contributed by atoms with van der Waals surface area (Å²) >= 11 is 6.93. The number of amides is 3. The number of ether oxygens (including phenoxy) is 1. The highest BCUT2D eigenvalue weighted by atomic mass is 35.5. The van der Waals surface area contributed by atoms with Gasteiger partial charge in [-0.15, -0.1) is 0 Å². The van der Waals surface area contributed by atoms with Crippen molar-refractivity contribution in [3.05, 3.63) is 94.1 Å². The van der Waals surface area contributed by atoms with E-state index in [2.05, 4.69) is 16.0 Å². The largest absolute Gasteiger partial charge is 0.506 e. The molecule has 3 aromatic carbocycles. The molecule has 236 valence electrons. The van der Waals surface area contributed by atoms with Crippen molar-refractivity contribution in [3.63, 3.8) is 0 Å². The molecule has 0 aromatic heterocycles. The number of phenols is 1. The molecule has 1 unspecified atom stereocenters.